The lowest BCUT2D eigenvalue weighted by Gasteiger charge is -2.26. The molecule has 2 aromatic heterocycles. The second-order valence-electron chi connectivity index (χ2n) is 8.38. The monoisotopic (exact) mass is 485 g/mol. The van der Waals surface area contributed by atoms with Crippen LogP contribution in [0.4, 0.5) is 17.1 Å². The van der Waals surface area contributed by atoms with Crippen LogP contribution in [0.1, 0.15) is 23.5 Å². The van der Waals surface area contributed by atoms with Crippen molar-refractivity contribution in [3.05, 3.63) is 107 Å². The number of para-hydroxylation sites is 1. The number of furan rings is 1. The molecule has 1 N–H and O–H groups in total. The van der Waals surface area contributed by atoms with E-state index in [0.717, 1.165) is 17.1 Å². The number of hydrogen-bond donors (Lipinski definition) is 1. The SMILES string of the molecule is CN(C)c1ccc(N2C(=S)NC(c3ccccn3)C2c2ccc(-c3ccccc3[N+](=O)[O-])o2)cc1. The number of pyridine rings is 1. The first-order chi connectivity index (χ1) is 16.9. The predicted octanol–water partition coefficient (Wildman–Crippen LogP) is 5.49. The summed E-state index contributed by atoms with van der Waals surface area (Å²) in [4.78, 5) is 19.8. The van der Waals surface area contributed by atoms with Crippen LogP contribution in [0.3, 0.4) is 0 Å². The van der Waals surface area contributed by atoms with Crippen LogP contribution in [0.25, 0.3) is 11.3 Å². The van der Waals surface area contributed by atoms with Crippen molar-refractivity contribution in [3.63, 3.8) is 0 Å². The van der Waals surface area contributed by atoms with Gasteiger partial charge in [-0.15, -0.1) is 0 Å². The molecule has 35 heavy (non-hydrogen) atoms. The minimum atomic E-state index is -0.404. The van der Waals surface area contributed by atoms with Crippen LogP contribution in [0, 0.1) is 10.1 Å². The number of nitrogens with zero attached hydrogens (tertiary/aromatic N) is 4. The van der Waals surface area contributed by atoms with Gasteiger partial charge in [0.1, 0.15) is 17.6 Å². The smallest absolute Gasteiger partial charge is 0.280 e. The number of nitro benzene ring substituents is 1. The third kappa shape index (κ3) is 4.22. The molecule has 0 amide bonds. The molecule has 3 heterocycles. The third-order valence-electron chi connectivity index (χ3n) is 6.03. The molecule has 9 heteroatoms. The number of anilines is 2. The molecule has 2 atom stereocenters. The highest BCUT2D eigenvalue weighted by Gasteiger charge is 2.42. The zero-order chi connectivity index (χ0) is 24.5. The number of hydrogen-bond acceptors (Lipinski definition) is 6. The van der Waals surface area contributed by atoms with E-state index < -0.39 is 4.92 Å². The van der Waals surface area contributed by atoms with Crippen molar-refractivity contribution in [2.45, 2.75) is 12.1 Å². The van der Waals surface area contributed by atoms with Gasteiger partial charge in [0.15, 0.2) is 5.11 Å². The van der Waals surface area contributed by atoms with E-state index >= 15 is 0 Å². The summed E-state index contributed by atoms with van der Waals surface area (Å²) >= 11 is 5.76. The second kappa shape index (κ2) is 9.19. The van der Waals surface area contributed by atoms with E-state index in [-0.39, 0.29) is 17.8 Å². The first-order valence-electron chi connectivity index (χ1n) is 11.1. The minimum absolute atomic E-state index is 0.00845. The molecule has 0 aliphatic carbocycles. The van der Waals surface area contributed by atoms with E-state index in [1.807, 2.05) is 72.4 Å². The number of thiocarbonyl (C=S) groups is 1. The van der Waals surface area contributed by atoms with Gasteiger partial charge in [-0.25, -0.2) is 0 Å². The summed E-state index contributed by atoms with van der Waals surface area (Å²) in [6.07, 6.45) is 1.74. The van der Waals surface area contributed by atoms with E-state index in [1.54, 1.807) is 30.5 Å². The molecular formula is C26H23N5O3S. The van der Waals surface area contributed by atoms with Gasteiger partial charge in [-0.2, -0.15) is 0 Å². The summed E-state index contributed by atoms with van der Waals surface area (Å²) in [5, 5.41) is 15.5. The number of nitro groups is 1. The molecule has 176 valence electrons. The molecule has 1 aliphatic heterocycles. The van der Waals surface area contributed by atoms with Gasteiger partial charge in [0, 0.05) is 37.7 Å². The zero-order valence-corrected chi connectivity index (χ0v) is 20.0. The maximum atomic E-state index is 11.6. The van der Waals surface area contributed by atoms with Gasteiger partial charge >= 0.3 is 0 Å². The quantitative estimate of drug-likeness (QED) is 0.218. The molecule has 2 aromatic carbocycles. The van der Waals surface area contributed by atoms with Gasteiger partial charge in [-0.3, -0.25) is 15.1 Å². The zero-order valence-electron chi connectivity index (χ0n) is 19.2. The number of rotatable bonds is 6. The lowest BCUT2D eigenvalue weighted by molar-refractivity contribution is -0.384. The molecular weight excluding hydrogens is 462 g/mol. The van der Waals surface area contributed by atoms with Crippen LogP contribution >= 0.6 is 12.2 Å². The molecule has 4 aromatic rings. The fraction of sp³-hybridized carbons (Fsp3) is 0.154. The number of benzene rings is 2. The minimum Gasteiger partial charge on any atom is -0.459 e. The largest absolute Gasteiger partial charge is 0.459 e. The molecule has 0 spiro atoms. The van der Waals surface area contributed by atoms with Gasteiger partial charge in [0.2, 0.25) is 0 Å². The van der Waals surface area contributed by atoms with Crippen LogP contribution in [-0.4, -0.2) is 29.1 Å². The second-order valence-corrected chi connectivity index (χ2v) is 8.77. The van der Waals surface area contributed by atoms with Gasteiger partial charge in [0.25, 0.3) is 5.69 Å². The predicted molar refractivity (Wildman–Crippen MR) is 139 cm³/mol. The van der Waals surface area contributed by atoms with E-state index in [1.165, 1.54) is 6.07 Å². The van der Waals surface area contributed by atoms with E-state index in [2.05, 4.69) is 10.3 Å². The average molecular weight is 486 g/mol. The van der Waals surface area contributed by atoms with Crippen LogP contribution in [0.2, 0.25) is 0 Å². The van der Waals surface area contributed by atoms with Gasteiger partial charge in [-0.05, 0) is 66.8 Å². The Kier molecular flexibility index (Phi) is 5.92. The van der Waals surface area contributed by atoms with Crippen LogP contribution < -0.4 is 15.1 Å². The van der Waals surface area contributed by atoms with Crippen LogP contribution in [0.15, 0.2) is 89.5 Å². The van der Waals surface area contributed by atoms with E-state index in [4.69, 9.17) is 16.6 Å². The first-order valence-corrected chi connectivity index (χ1v) is 11.5. The lowest BCUT2D eigenvalue weighted by atomic mass is 10.0. The van der Waals surface area contributed by atoms with Gasteiger partial charge in [0.05, 0.1) is 22.2 Å². The van der Waals surface area contributed by atoms with Crippen molar-refractivity contribution in [1.29, 1.82) is 0 Å². The topological polar surface area (TPSA) is 87.7 Å². The summed E-state index contributed by atoms with van der Waals surface area (Å²) in [7, 11) is 3.98. The molecule has 0 bridgehead atoms. The maximum Gasteiger partial charge on any atom is 0.280 e. The van der Waals surface area contributed by atoms with Gasteiger partial charge < -0.3 is 19.5 Å². The average Bonchev–Trinajstić information content (AvgIpc) is 3.49. The Morgan fingerprint density at radius 3 is 2.46 bits per heavy atom. The fourth-order valence-corrected chi connectivity index (χ4v) is 4.68. The van der Waals surface area contributed by atoms with Crippen molar-refractivity contribution >= 4 is 34.4 Å². The fourth-order valence-electron chi connectivity index (χ4n) is 4.33. The standard InChI is InChI=1S/C26H23N5O3S/c1-29(2)17-10-12-18(13-11-17)30-25(24(28-26(30)35)20-8-5-6-16-27-20)23-15-14-22(34-23)19-7-3-4-9-21(19)31(32)33/h3-16,24-25H,1-2H3,(H,28,35). The Labute approximate surface area is 208 Å². The van der Waals surface area contributed by atoms with Crippen LogP contribution in [0.5, 0.6) is 0 Å². The maximum absolute atomic E-state index is 11.6. The molecule has 1 saturated heterocycles. The highest BCUT2D eigenvalue weighted by Crippen LogP contribution is 2.43. The molecule has 5 rings (SSSR count). The van der Waals surface area contributed by atoms with Gasteiger partial charge in [-0.1, -0.05) is 18.2 Å². The number of nitrogens with one attached hydrogen (secondary N) is 1. The highest BCUT2D eigenvalue weighted by molar-refractivity contribution is 7.80. The number of aromatic nitrogens is 1. The summed E-state index contributed by atoms with van der Waals surface area (Å²) in [6.45, 7) is 0. The van der Waals surface area contributed by atoms with Crippen LogP contribution in [-0.2, 0) is 0 Å². The summed E-state index contributed by atoms with van der Waals surface area (Å²) in [5.74, 6) is 1.05. The Bertz CT molecular complexity index is 1370. The van der Waals surface area contributed by atoms with E-state index in [9.17, 15) is 10.1 Å². The highest BCUT2D eigenvalue weighted by atomic mass is 32.1. The molecule has 8 nitrogen and oxygen atoms in total. The van der Waals surface area contributed by atoms with Crippen molar-refractivity contribution in [3.8, 4) is 11.3 Å². The molecule has 0 radical (unpaired) electrons. The Hall–Kier alpha value is -4.24. The Morgan fingerprint density at radius 2 is 1.77 bits per heavy atom. The molecule has 1 aliphatic rings. The summed E-state index contributed by atoms with van der Waals surface area (Å²) < 4.78 is 6.28. The third-order valence-corrected chi connectivity index (χ3v) is 6.34. The van der Waals surface area contributed by atoms with Crippen molar-refractivity contribution < 1.29 is 9.34 Å². The molecule has 1 fully saturated rings. The summed E-state index contributed by atoms with van der Waals surface area (Å²) in [5.41, 5.74) is 3.21. The van der Waals surface area contributed by atoms with Crippen molar-refractivity contribution in [2.75, 3.05) is 23.9 Å². The van der Waals surface area contributed by atoms with Crippen molar-refractivity contribution in [1.82, 2.24) is 10.3 Å². The molecule has 0 saturated carbocycles. The van der Waals surface area contributed by atoms with Crippen molar-refractivity contribution in [2.24, 2.45) is 0 Å². The Morgan fingerprint density at radius 1 is 1.03 bits per heavy atom. The Balaban J connectivity index is 1.60. The normalized spacial score (nSPS) is 17.3. The first kappa shape index (κ1) is 22.5. The van der Waals surface area contributed by atoms with E-state index in [0.29, 0.717) is 22.2 Å². The lowest BCUT2D eigenvalue weighted by Crippen LogP contribution is -2.29. The molecule has 2 unspecified atom stereocenters. The summed E-state index contributed by atoms with van der Waals surface area (Å²) in [6, 6.07) is 23.4.